The third-order valence-corrected chi connectivity index (χ3v) is 6.77. The number of fused-ring (bicyclic) bond motifs is 1. The molecule has 1 saturated heterocycles. The van der Waals surface area contributed by atoms with E-state index in [2.05, 4.69) is 41.1 Å². The Balaban J connectivity index is 1.60. The van der Waals surface area contributed by atoms with Gasteiger partial charge in [0.2, 0.25) is 5.91 Å². The van der Waals surface area contributed by atoms with E-state index in [0.29, 0.717) is 54.5 Å². The van der Waals surface area contributed by atoms with Gasteiger partial charge in [0.25, 0.3) is 0 Å². The molecule has 3 aromatic rings. The number of benzene rings is 1. The quantitative estimate of drug-likeness (QED) is 0.436. The lowest BCUT2D eigenvalue weighted by atomic mass is 9.93. The fraction of sp³-hybridized carbons (Fsp3) is 0.429. The van der Waals surface area contributed by atoms with Crippen LogP contribution in [0.2, 0.25) is 5.02 Å². The fourth-order valence-electron chi connectivity index (χ4n) is 4.17. The molecule has 5 N–H and O–H groups in total. The van der Waals surface area contributed by atoms with Crippen LogP contribution in [0.5, 0.6) is 0 Å². The Labute approximate surface area is 199 Å². The van der Waals surface area contributed by atoms with Crippen LogP contribution in [-0.4, -0.2) is 50.6 Å². The topological polar surface area (TPSA) is 128 Å². The van der Waals surface area contributed by atoms with E-state index < -0.39 is 5.54 Å². The first-order valence-electron chi connectivity index (χ1n) is 10.5. The van der Waals surface area contributed by atoms with E-state index in [1.54, 1.807) is 6.33 Å². The summed E-state index contributed by atoms with van der Waals surface area (Å²) >= 11 is 10.1. The number of carbonyl (C=O) groups excluding carboxylic acids is 1. The second-order valence-electron chi connectivity index (χ2n) is 8.18. The molecule has 0 unspecified atom stereocenters. The molecule has 32 heavy (non-hydrogen) atoms. The van der Waals surface area contributed by atoms with Crippen LogP contribution < -0.4 is 21.7 Å². The van der Waals surface area contributed by atoms with Gasteiger partial charge < -0.3 is 26.3 Å². The summed E-state index contributed by atoms with van der Waals surface area (Å²) in [7, 11) is 0. The normalized spacial score (nSPS) is 18.4. The third-order valence-electron chi connectivity index (χ3n) is 5.84. The van der Waals surface area contributed by atoms with E-state index in [9.17, 15) is 4.79 Å². The Kier molecular flexibility index (Phi) is 6.55. The minimum absolute atomic E-state index is 0.0372. The zero-order valence-electron chi connectivity index (χ0n) is 17.8. The number of anilines is 2. The molecule has 11 heteroatoms. The Morgan fingerprint density at radius 2 is 2.16 bits per heavy atom. The Morgan fingerprint density at radius 3 is 2.94 bits per heavy atom. The van der Waals surface area contributed by atoms with Gasteiger partial charge in [-0.1, -0.05) is 27.5 Å². The molecular formula is C21H26BrClN8O. The van der Waals surface area contributed by atoms with Gasteiger partial charge in [-0.2, -0.15) is 0 Å². The number of rotatable bonds is 7. The van der Waals surface area contributed by atoms with Gasteiger partial charge in [-0.05, 0) is 31.9 Å². The molecule has 1 fully saturated rings. The van der Waals surface area contributed by atoms with Crippen molar-refractivity contribution < 1.29 is 4.79 Å². The number of imidazole rings is 1. The second-order valence-corrected chi connectivity index (χ2v) is 9.47. The fourth-order valence-corrected chi connectivity index (χ4v) is 5.09. The summed E-state index contributed by atoms with van der Waals surface area (Å²) in [6, 6.07) is 3.84. The highest BCUT2D eigenvalue weighted by Gasteiger charge is 2.36. The first kappa shape index (κ1) is 22.8. The molecule has 1 aromatic carbocycles. The maximum atomic E-state index is 11.9. The summed E-state index contributed by atoms with van der Waals surface area (Å²) < 4.78 is 2.83. The third kappa shape index (κ3) is 4.67. The van der Waals surface area contributed by atoms with Gasteiger partial charge in [0.05, 0.1) is 12.9 Å². The van der Waals surface area contributed by atoms with E-state index >= 15 is 0 Å². The molecule has 0 aliphatic carbocycles. The van der Waals surface area contributed by atoms with Gasteiger partial charge in [-0.15, -0.1) is 0 Å². The lowest BCUT2D eigenvalue weighted by Gasteiger charge is -2.27. The van der Waals surface area contributed by atoms with Crippen LogP contribution in [-0.2, 0) is 11.3 Å². The van der Waals surface area contributed by atoms with E-state index in [1.165, 1.54) is 6.33 Å². The van der Waals surface area contributed by atoms with Gasteiger partial charge in [0.1, 0.15) is 11.8 Å². The molecule has 0 bridgehead atoms. The van der Waals surface area contributed by atoms with Gasteiger partial charge in [-0.3, -0.25) is 4.79 Å². The first-order valence-corrected chi connectivity index (χ1v) is 11.7. The number of amides is 1. The highest BCUT2D eigenvalue weighted by molar-refractivity contribution is 9.10. The predicted molar refractivity (Wildman–Crippen MR) is 130 cm³/mol. The van der Waals surface area contributed by atoms with Gasteiger partial charge >= 0.3 is 0 Å². The van der Waals surface area contributed by atoms with E-state index in [1.807, 2.05) is 23.6 Å². The van der Waals surface area contributed by atoms with Crippen molar-refractivity contribution in [2.24, 2.45) is 5.73 Å². The predicted octanol–water partition coefficient (Wildman–Crippen LogP) is 2.70. The molecule has 1 amide bonds. The van der Waals surface area contributed by atoms with Crippen molar-refractivity contribution in [2.45, 2.75) is 38.3 Å². The summed E-state index contributed by atoms with van der Waals surface area (Å²) in [6.45, 7) is 4.49. The molecule has 0 spiro atoms. The smallest absolute Gasteiger partial charge is 0.220 e. The average molecular weight is 522 g/mol. The van der Waals surface area contributed by atoms with Crippen molar-refractivity contribution in [2.75, 3.05) is 30.3 Å². The minimum Gasteiger partial charge on any atom is -0.382 e. The van der Waals surface area contributed by atoms with Gasteiger partial charge in [-0.25, -0.2) is 15.0 Å². The molecule has 0 radical (unpaired) electrons. The molecular weight excluding hydrogens is 496 g/mol. The molecule has 2 aromatic heterocycles. The molecule has 0 saturated carbocycles. The Morgan fingerprint density at radius 1 is 1.34 bits per heavy atom. The average Bonchev–Trinajstić information content (AvgIpc) is 3.34. The lowest BCUT2D eigenvalue weighted by Crippen LogP contribution is -2.44. The number of nitrogens with two attached hydrogens (primary N) is 2. The lowest BCUT2D eigenvalue weighted by molar-refractivity contribution is -0.121. The summed E-state index contributed by atoms with van der Waals surface area (Å²) in [4.78, 5) is 26.9. The highest BCUT2D eigenvalue weighted by atomic mass is 79.9. The number of nitrogen functional groups attached to an aromatic ring is 1. The molecule has 1 aliphatic heterocycles. The van der Waals surface area contributed by atoms with Crippen LogP contribution in [0.1, 0.15) is 31.7 Å². The zero-order chi connectivity index (χ0) is 22.9. The summed E-state index contributed by atoms with van der Waals surface area (Å²) in [6.07, 6.45) is 5.00. The summed E-state index contributed by atoms with van der Waals surface area (Å²) in [5, 5.41) is 3.47. The van der Waals surface area contributed by atoms with Crippen LogP contribution >= 0.6 is 27.5 Å². The molecule has 9 nitrogen and oxygen atoms in total. The maximum absolute atomic E-state index is 11.9. The van der Waals surface area contributed by atoms with E-state index in [4.69, 9.17) is 23.1 Å². The maximum Gasteiger partial charge on any atom is 0.220 e. The van der Waals surface area contributed by atoms with Crippen molar-refractivity contribution in [3.8, 4) is 0 Å². The summed E-state index contributed by atoms with van der Waals surface area (Å²) in [5.74, 6) is 0.388. The number of hydrogen-bond acceptors (Lipinski definition) is 7. The van der Waals surface area contributed by atoms with Crippen molar-refractivity contribution >= 4 is 56.1 Å². The van der Waals surface area contributed by atoms with Crippen molar-refractivity contribution in [1.29, 1.82) is 0 Å². The number of halogens is 2. The largest absolute Gasteiger partial charge is 0.382 e. The van der Waals surface area contributed by atoms with Crippen molar-refractivity contribution in [3.63, 3.8) is 0 Å². The second kappa shape index (κ2) is 9.21. The zero-order valence-corrected chi connectivity index (χ0v) is 20.2. The number of aromatic nitrogens is 4. The molecule has 3 heterocycles. The SMILES string of the molecule is CCNC(=O)CC[C@@]1(N)CCN(c2cc(Cl)cc(Br)c2Cn2cnc3c(N)ncnc32)C1. The van der Waals surface area contributed by atoms with Gasteiger partial charge in [0.15, 0.2) is 11.5 Å². The molecule has 4 rings (SSSR count). The Bertz CT molecular complexity index is 1150. The monoisotopic (exact) mass is 520 g/mol. The molecule has 1 atom stereocenters. The standard InChI is InChI=1S/C21H26BrClN8O/c1-2-26-17(32)3-4-21(25)5-6-30(10-21)16-8-13(23)7-15(22)14(16)9-31-12-29-18-19(24)27-11-28-20(18)31/h7-8,11-12H,2-6,9-10,25H2,1H3,(H,26,32)(H2,24,27,28)/t21-/m1/s1. The molecule has 170 valence electrons. The van der Waals surface area contributed by atoms with Gasteiger partial charge in [0, 0.05) is 52.3 Å². The molecule has 1 aliphatic rings. The first-order chi connectivity index (χ1) is 15.3. The van der Waals surface area contributed by atoms with E-state index in [-0.39, 0.29) is 5.91 Å². The van der Waals surface area contributed by atoms with Crippen LogP contribution in [0.25, 0.3) is 11.2 Å². The highest BCUT2D eigenvalue weighted by Crippen LogP contribution is 2.37. The van der Waals surface area contributed by atoms with E-state index in [0.717, 1.165) is 28.7 Å². The minimum atomic E-state index is -0.430. The van der Waals surface area contributed by atoms with Crippen molar-refractivity contribution in [1.82, 2.24) is 24.8 Å². The summed E-state index contributed by atoms with van der Waals surface area (Å²) in [5.41, 5.74) is 15.5. The number of carbonyl (C=O) groups is 1. The van der Waals surface area contributed by atoms with Crippen LogP contribution in [0.4, 0.5) is 11.5 Å². The number of nitrogens with one attached hydrogen (secondary N) is 1. The van der Waals surface area contributed by atoms with Crippen LogP contribution in [0, 0.1) is 0 Å². The number of nitrogens with zero attached hydrogens (tertiary/aromatic N) is 5. The number of hydrogen-bond donors (Lipinski definition) is 3. The van der Waals surface area contributed by atoms with Crippen molar-refractivity contribution in [3.05, 3.63) is 39.8 Å². The Hall–Kier alpha value is -2.43. The van der Waals surface area contributed by atoms with Crippen LogP contribution in [0.15, 0.2) is 29.3 Å². The van der Waals surface area contributed by atoms with Crippen LogP contribution in [0.3, 0.4) is 0 Å².